The maximum atomic E-state index is 14.4. The smallest absolute Gasteiger partial charge is 0.317 e. The predicted molar refractivity (Wildman–Crippen MR) is 106 cm³/mol. The van der Waals surface area contributed by atoms with Gasteiger partial charge in [0.1, 0.15) is 23.1 Å². The number of aryl methyl sites for hydroxylation is 2. The molecule has 0 radical (unpaired) electrons. The summed E-state index contributed by atoms with van der Waals surface area (Å²) in [6.07, 6.45) is 2.80. The lowest BCUT2D eigenvalue weighted by Crippen LogP contribution is -2.35. The van der Waals surface area contributed by atoms with E-state index in [9.17, 15) is 14.0 Å². The second kappa shape index (κ2) is 7.13. The molecule has 7 heteroatoms. The third-order valence-corrected chi connectivity index (χ3v) is 6.77. The molecule has 3 aromatic rings. The number of benzene rings is 1. The van der Waals surface area contributed by atoms with E-state index in [1.54, 1.807) is 18.2 Å². The summed E-state index contributed by atoms with van der Waals surface area (Å²) >= 11 is 1.44. The Labute approximate surface area is 165 Å². The number of rotatable bonds is 4. The number of H-pyrrole nitrogens is 1. The summed E-state index contributed by atoms with van der Waals surface area (Å²) in [5.74, 6) is -0.552. The maximum Gasteiger partial charge on any atom is 0.317 e. The Balaban J connectivity index is 1.61. The Bertz CT molecular complexity index is 1110. The molecule has 2 heterocycles. The van der Waals surface area contributed by atoms with Crippen molar-refractivity contribution < 1.29 is 13.9 Å². The topological polar surface area (TPSA) is 72.0 Å². The minimum absolute atomic E-state index is 0.143. The molecule has 1 fully saturated rings. The van der Waals surface area contributed by atoms with Crippen LogP contribution in [0.2, 0.25) is 0 Å². The molecule has 1 N–H and O–H groups in total. The van der Waals surface area contributed by atoms with Crippen molar-refractivity contribution in [2.45, 2.75) is 51.6 Å². The van der Waals surface area contributed by atoms with Gasteiger partial charge in [0.25, 0.3) is 5.56 Å². The zero-order chi connectivity index (χ0) is 19.9. The molecule has 0 atom stereocenters. The number of halogens is 1. The summed E-state index contributed by atoms with van der Waals surface area (Å²) in [4.78, 5) is 34.2. The minimum Gasteiger partial charge on any atom is -0.457 e. The molecule has 1 aliphatic rings. The molecule has 146 valence electrons. The molecule has 0 aliphatic heterocycles. The van der Waals surface area contributed by atoms with Crippen LogP contribution in [0.4, 0.5) is 4.39 Å². The highest BCUT2D eigenvalue weighted by Crippen LogP contribution is 2.43. The number of aromatic nitrogens is 2. The first-order chi connectivity index (χ1) is 13.4. The average molecular weight is 400 g/mol. The van der Waals surface area contributed by atoms with Gasteiger partial charge in [-0.3, -0.25) is 9.59 Å². The van der Waals surface area contributed by atoms with Crippen LogP contribution < -0.4 is 5.56 Å². The van der Waals surface area contributed by atoms with Gasteiger partial charge < -0.3 is 9.72 Å². The van der Waals surface area contributed by atoms with E-state index < -0.39 is 11.4 Å². The third-order valence-electron chi connectivity index (χ3n) is 5.67. The standard InChI is InChI=1S/C21H21FN2O3S/c1-12-13(2)28-19-17(12)18(25)23-16(24-19)11-27-20(26)21(9-5-6-10-21)14-7-3-4-8-15(14)22/h3-4,7-8H,5-6,9-11H2,1-2H3,(H,23,24,25). The number of carbonyl (C=O) groups excluding carboxylic acids is 1. The number of carbonyl (C=O) groups is 1. The van der Waals surface area contributed by atoms with Crippen LogP contribution in [0.25, 0.3) is 10.2 Å². The van der Waals surface area contributed by atoms with Crippen molar-refractivity contribution in [3.63, 3.8) is 0 Å². The number of hydrogen-bond acceptors (Lipinski definition) is 5. The maximum absolute atomic E-state index is 14.4. The molecule has 0 unspecified atom stereocenters. The predicted octanol–water partition coefficient (Wildman–Crippen LogP) is 4.30. The summed E-state index contributed by atoms with van der Waals surface area (Å²) in [7, 11) is 0. The van der Waals surface area contributed by atoms with Gasteiger partial charge in [0.15, 0.2) is 0 Å². The molecule has 0 saturated heterocycles. The van der Waals surface area contributed by atoms with Crippen molar-refractivity contribution in [2.24, 2.45) is 0 Å². The van der Waals surface area contributed by atoms with Crippen LogP contribution in [0.3, 0.4) is 0 Å². The third kappa shape index (κ3) is 3.03. The second-order valence-corrected chi connectivity index (χ2v) is 8.52. The Morgan fingerprint density at radius 3 is 2.71 bits per heavy atom. The number of nitrogens with one attached hydrogen (secondary N) is 1. The van der Waals surface area contributed by atoms with Crippen molar-refractivity contribution in [3.05, 3.63) is 62.3 Å². The fourth-order valence-corrected chi connectivity index (χ4v) is 5.10. The van der Waals surface area contributed by atoms with E-state index in [1.807, 2.05) is 13.8 Å². The average Bonchev–Trinajstić information content (AvgIpc) is 3.26. The molecular weight excluding hydrogens is 379 g/mol. The van der Waals surface area contributed by atoms with Crippen molar-refractivity contribution in [1.82, 2.24) is 9.97 Å². The van der Waals surface area contributed by atoms with Gasteiger partial charge in [-0.15, -0.1) is 11.3 Å². The number of aromatic amines is 1. The van der Waals surface area contributed by atoms with Gasteiger partial charge >= 0.3 is 5.97 Å². The summed E-state index contributed by atoms with van der Waals surface area (Å²) in [5, 5.41) is 0.580. The Kier molecular flexibility index (Phi) is 4.79. The van der Waals surface area contributed by atoms with Crippen LogP contribution in [0.5, 0.6) is 0 Å². The first-order valence-corrected chi connectivity index (χ1v) is 10.1. The van der Waals surface area contributed by atoms with Crippen molar-refractivity contribution in [1.29, 1.82) is 0 Å². The van der Waals surface area contributed by atoms with Gasteiger partial charge in [-0.25, -0.2) is 9.37 Å². The minimum atomic E-state index is -0.966. The van der Waals surface area contributed by atoms with E-state index in [4.69, 9.17) is 4.74 Å². The van der Waals surface area contributed by atoms with E-state index >= 15 is 0 Å². The van der Waals surface area contributed by atoms with Gasteiger partial charge in [0, 0.05) is 10.4 Å². The quantitative estimate of drug-likeness (QED) is 0.663. The lowest BCUT2D eigenvalue weighted by Gasteiger charge is -2.27. The second-order valence-electron chi connectivity index (χ2n) is 7.32. The van der Waals surface area contributed by atoms with Crippen LogP contribution in [0.15, 0.2) is 29.1 Å². The van der Waals surface area contributed by atoms with Crippen molar-refractivity contribution in [2.75, 3.05) is 0 Å². The molecule has 2 aromatic heterocycles. The molecule has 0 amide bonds. The summed E-state index contributed by atoms with van der Waals surface area (Å²) < 4.78 is 19.9. The Hall–Kier alpha value is -2.54. The normalized spacial score (nSPS) is 15.8. The van der Waals surface area contributed by atoms with Crippen LogP contribution in [-0.2, 0) is 21.6 Å². The summed E-state index contributed by atoms with van der Waals surface area (Å²) in [5.41, 5.74) is 0.106. The Morgan fingerprint density at radius 1 is 1.29 bits per heavy atom. The molecule has 4 rings (SSSR count). The molecule has 1 aliphatic carbocycles. The van der Waals surface area contributed by atoms with Crippen LogP contribution in [0, 0.1) is 19.7 Å². The van der Waals surface area contributed by atoms with Gasteiger partial charge in [0.05, 0.1) is 10.8 Å². The highest BCUT2D eigenvalue weighted by molar-refractivity contribution is 7.18. The number of thiophene rings is 1. The van der Waals surface area contributed by atoms with Gasteiger partial charge in [0.2, 0.25) is 0 Å². The largest absolute Gasteiger partial charge is 0.457 e. The molecule has 0 spiro atoms. The first-order valence-electron chi connectivity index (χ1n) is 9.33. The van der Waals surface area contributed by atoms with Crippen LogP contribution in [0.1, 0.15) is 47.5 Å². The van der Waals surface area contributed by atoms with Crippen molar-refractivity contribution in [3.8, 4) is 0 Å². The van der Waals surface area contributed by atoms with E-state index in [-0.39, 0.29) is 18.0 Å². The van der Waals surface area contributed by atoms with E-state index in [0.717, 1.165) is 23.3 Å². The van der Waals surface area contributed by atoms with Crippen LogP contribution >= 0.6 is 11.3 Å². The van der Waals surface area contributed by atoms with E-state index in [1.165, 1.54) is 17.4 Å². The van der Waals surface area contributed by atoms with Crippen molar-refractivity contribution >= 4 is 27.5 Å². The lowest BCUT2D eigenvalue weighted by molar-refractivity contribution is -0.152. The Morgan fingerprint density at radius 2 is 2.00 bits per heavy atom. The monoisotopic (exact) mass is 400 g/mol. The van der Waals surface area contributed by atoms with Gasteiger partial charge in [-0.1, -0.05) is 31.0 Å². The molecule has 0 bridgehead atoms. The number of esters is 1. The van der Waals surface area contributed by atoms with E-state index in [0.29, 0.717) is 34.4 Å². The SMILES string of the molecule is Cc1sc2nc(COC(=O)C3(c4ccccc4F)CCCC3)[nH]c(=O)c2c1C. The highest BCUT2D eigenvalue weighted by Gasteiger charge is 2.45. The molecule has 28 heavy (non-hydrogen) atoms. The number of nitrogens with zero attached hydrogens (tertiary/aromatic N) is 1. The lowest BCUT2D eigenvalue weighted by atomic mass is 9.78. The fraction of sp³-hybridized carbons (Fsp3) is 0.381. The molecular formula is C21H21FN2O3S. The molecule has 1 aromatic carbocycles. The summed E-state index contributed by atoms with van der Waals surface area (Å²) in [6.45, 7) is 3.69. The van der Waals surface area contributed by atoms with E-state index in [2.05, 4.69) is 9.97 Å². The zero-order valence-corrected chi connectivity index (χ0v) is 16.6. The van der Waals surface area contributed by atoms with Gasteiger partial charge in [-0.05, 0) is 38.3 Å². The molecule has 5 nitrogen and oxygen atoms in total. The van der Waals surface area contributed by atoms with Crippen LogP contribution in [-0.4, -0.2) is 15.9 Å². The summed E-state index contributed by atoms with van der Waals surface area (Å²) in [6, 6.07) is 6.38. The number of ether oxygens (including phenoxy) is 1. The zero-order valence-electron chi connectivity index (χ0n) is 15.8. The first kappa shape index (κ1) is 18.8. The molecule has 1 saturated carbocycles. The highest BCUT2D eigenvalue weighted by atomic mass is 32.1. The number of hydrogen-bond donors (Lipinski definition) is 1. The number of fused-ring (bicyclic) bond motifs is 1. The fourth-order valence-electron chi connectivity index (χ4n) is 4.05. The van der Waals surface area contributed by atoms with Gasteiger partial charge in [-0.2, -0.15) is 0 Å².